The predicted octanol–water partition coefficient (Wildman–Crippen LogP) is 2.45. The molecular weight excluding hydrogens is 346 g/mol. The van der Waals surface area contributed by atoms with Crippen LogP contribution in [0.3, 0.4) is 0 Å². The molecule has 3 rings (SSSR count). The Hall–Kier alpha value is -3.61. The number of nitrogens with zero attached hydrogens (tertiary/aromatic N) is 2. The fraction of sp³-hybridized carbons (Fsp3) is 0.150. The smallest absolute Gasteiger partial charge is 0.342 e. The maximum Gasteiger partial charge on any atom is 0.342 e. The molecule has 0 aliphatic rings. The van der Waals surface area contributed by atoms with Gasteiger partial charge in [0.05, 0.1) is 12.8 Å². The van der Waals surface area contributed by atoms with E-state index in [4.69, 9.17) is 9.47 Å². The fourth-order valence-electron chi connectivity index (χ4n) is 2.50. The third-order valence-electron chi connectivity index (χ3n) is 3.91. The van der Waals surface area contributed by atoms with Gasteiger partial charge >= 0.3 is 5.97 Å². The molecule has 1 heterocycles. The van der Waals surface area contributed by atoms with Crippen molar-refractivity contribution in [2.75, 3.05) is 20.8 Å². The van der Waals surface area contributed by atoms with Crippen LogP contribution in [0.25, 0.3) is 16.9 Å². The Balaban J connectivity index is 2.02. The van der Waals surface area contributed by atoms with Gasteiger partial charge in [-0.25, -0.2) is 9.48 Å². The third-order valence-corrected chi connectivity index (χ3v) is 3.91. The van der Waals surface area contributed by atoms with Gasteiger partial charge in [0.1, 0.15) is 17.0 Å². The molecule has 3 aromatic rings. The summed E-state index contributed by atoms with van der Waals surface area (Å²) in [6.45, 7) is -0.358. The molecule has 2 aromatic carbocycles. The van der Waals surface area contributed by atoms with Gasteiger partial charge in [0.25, 0.3) is 5.91 Å². The number of aromatic nitrogens is 2. The van der Waals surface area contributed by atoms with Gasteiger partial charge in [0.2, 0.25) is 0 Å². The molecule has 0 unspecified atom stereocenters. The molecule has 138 valence electrons. The summed E-state index contributed by atoms with van der Waals surface area (Å²) in [6, 6.07) is 16.6. The average Bonchev–Trinajstić information content (AvgIpc) is 3.18. The Bertz CT molecular complexity index is 951. The quantitative estimate of drug-likeness (QED) is 0.679. The van der Waals surface area contributed by atoms with Crippen LogP contribution >= 0.6 is 0 Å². The highest BCUT2D eigenvalue weighted by Crippen LogP contribution is 2.27. The van der Waals surface area contributed by atoms with Crippen molar-refractivity contribution in [2.24, 2.45) is 0 Å². The molecule has 7 heteroatoms. The number of methoxy groups -OCH3 is 1. The normalized spacial score (nSPS) is 10.3. The number of carbonyl (C=O) groups excluding carboxylic acids is 2. The largest absolute Gasteiger partial charge is 0.497 e. The number of rotatable bonds is 6. The van der Waals surface area contributed by atoms with Gasteiger partial charge in [-0.3, -0.25) is 4.79 Å². The first-order valence-electron chi connectivity index (χ1n) is 8.29. The van der Waals surface area contributed by atoms with E-state index in [-0.39, 0.29) is 18.1 Å². The van der Waals surface area contributed by atoms with E-state index in [9.17, 15) is 9.59 Å². The topological polar surface area (TPSA) is 82.5 Å². The Morgan fingerprint density at radius 1 is 1.11 bits per heavy atom. The summed E-state index contributed by atoms with van der Waals surface area (Å²) >= 11 is 0. The van der Waals surface area contributed by atoms with E-state index in [1.54, 1.807) is 30.1 Å². The second kappa shape index (κ2) is 8.18. The van der Waals surface area contributed by atoms with Gasteiger partial charge in [-0.1, -0.05) is 30.3 Å². The Kier molecular flexibility index (Phi) is 5.51. The number of para-hydroxylation sites is 1. The zero-order valence-corrected chi connectivity index (χ0v) is 15.0. The minimum absolute atomic E-state index is 0.260. The highest BCUT2D eigenvalue weighted by atomic mass is 16.5. The van der Waals surface area contributed by atoms with Crippen LogP contribution in [-0.4, -0.2) is 42.4 Å². The minimum atomic E-state index is -0.626. The van der Waals surface area contributed by atoms with Crippen molar-refractivity contribution in [2.45, 2.75) is 0 Å². The van der Waals surface area contributed by atoms with Gasteiger partial charge in [-0.15, -0.1) is 0 Å². The van der Waals surface area contributed by atoms with Crippen LogP contribution in [0.4, 0.5) is 0 Å². The van der Waals surface area contributed by atoms with Crippen LogP contribution in [-0.2, 0) is 9.53 Å². The van der Waals surface area contributed by atoms with E-state index in [2.05, 4.69) is 10.4 Å². The van der Waals surface area contributed by atoms with Crippen molar-refractivity contribution in [1.29, 1.82) is 0 Å². The van der Waals surface area contributed by atoms with E-state index in [0.29, 0.717) is 17.0 Å². The van der Waals surface area contributed by atoms with E-state index in [1.807, 2.05) is 42.5 Å². The summed E-state index contributed by atoms with van der Waals surface area (Å²) in [5.74, 6) is -0.369. The molecule has 7 nitrogen and oxygen atoms in total. The predicted molar refractivity (Wildman–Crippen MR) is 99.9 cm³/mol. The number of hydrogen-bond donors (Lipinski definition) is 1. The standard InChI is InChI=1S/C20H19N3O4/c1-21-18(24)13-27-20(25)17-12-23(15-8-4-3-5-9-15)22-19(17)14-7-6-10-16(11-14)26-2/h3-12H,13H2,1-2H3,(H,21,24). The summed E-state index contributed by atoms with van der Waals surface area (Å²) < 4.78 is 12.0. The van der Waals surface area contributed by atoms with Crippen molar-refractivity contribution in [3.63, 3.8) is 0 Å². The van der Waals surface area contributed by atoms with Crippen molar-refractivity contribution in [3.8, 4) is 22.7 Å². The lowest BCUT2D eigenvalue weighted by molar-refractivity contribution is -0.123. The Morgan fingerprint density at radius 3 is 2.59 bits per heavy atom. The van der Waals surface area contributed by atoms with Gasteiger partial charge in [0, 0.05) is 18.8 Å². The molecule has 27 heavy (non-hydrogen) atoms. The van der Waals surface area contributed by atoms with E-state index >= 15 is 0 Å². The molecule has 0 atom stereocenters. The molecule has 0 fully saturated rings. The van der Waals surface area contributed by atoms with Crippen molar-refractivity contribution in [1.82, 2.24) is 15.1 Å². The van der Waals surface area contributed by atoms with E-state index < -0.39 is 5.97 Å². The molecule has 0 saturated carbocycles. The van der Waals surface area contributed by atoms with Gasteiger partial charge < -0.3 is 14.8 Å². The molecule has 0 aliphatic carbocycles. The summed E-state index contributed by atoms with van der Waals surface area (Å²) in [5, 5.41) is 6.96. The number of amides is 1. The number of likely N-dealkylation sites (N-methyl/N-ethyl adjacent to an activating group) is 1. The maximum absolute atomic E-state index is 12.6. The lowest BCUT2D eigenvalue weighted by atomic mass is 10.1. The lowest BCUT2D eigenvalue weighted by Gasteiger charge is -2.05. The molecule has 0 bridgehead atoms. The second-order valence-electron chi connectivity index (χ2n) is 5.65. The van der Waals surface area contributed by atoms with Crippen LogP contribution in [0.2, 0.25) is 0 Å². The van der Waals surface area contributed by atoms with Crippen molar-refractivity contribution < 1.29 is 19.1 Å². The first-order chi connectivity index (χ1) is 13.1. The molecule has 0 aliphatic heterocycles. The van der Waals surface area contributed by atoms with Crippen LogP contribution in [0.15, 0.2) is 60.8 Å². The van der Waals surface area contributed by atoms with Crippen LogP contribution in [0.1, 0.15) is 10.4 Å². The van der Waals surface area contributed by atoms with Gasteiger partial charge in [-0.2, -0.15) is 5.10 Å². The molecule has 1 N–H and O–H groups in total. The van der Waals surface area contributed by atoms with E-state index in [1.165, 1.54) is 7.05 Å². The number of nitrogens with one attached hydrogen (secondary N) is 1. The first-order valence-corrected chi connectivity index (χ1v) is 8.29. The molecular formula is C20H19N3O4. The molecule has 0 radical (unpaired) electrons. The summed E-state index contributed by atoms with van der Waals surface area (Å²) in [4.78, 5) is 24.0. The molecule has 1 amide bonds. The van der Waals surface area contributed by atoms with Crippen LogP contribution < -0.4 is 10.1 Å². The Labute approximate surface area is 156 Å². The monoisotopic (exact) mass is 365 g/mol. The fourth-order valence-corrected chi connectivity index (χ4v) is 2.50. The highest BCUT2D eigenvalue weighted by molar-refractivity contribution is 5.97. The SMILES string of the molecule is CNC(=O)COC(=O)c1cn(-c2ccccc2)nc1-c1cccc(OC)c1. The number of ether oxygens (including phenoxy) is 2. The average molecular weight is 365 g/mol. The highest BCUT2D eigenvalue weighted by Gasteiger charge is 2.21. The summed E-state index contributed by atoms with van der Waals surface area (Å²) in [6.07, 6.45) is 1.59. The number of esters is 1. The van der Waals surface area contributed by atoms with Crippen LogP contribution in [0.5, 0.6) is 5.75 Å². The maximum atomic E-state index is 12.6. The second-order valence-corrected chi connectivity index (χ2v) is 5.65. The van der Waals surface area contributed by atoms with E-state index in [0.717, 1.165) is 5.69 Å². The Morgan fingerprint density at radius 2 is 1.89 bits per heavy atom. The molecule has 0 saturated heterocycles. The number of hydrogen-bond acceptors (Lipinski definition) is 5. The first kappa shape index (κ1) is 18.2. The molecule has 0 spiro atoms. The zero-order chi connectivity index (χ0) is 19.2. The lowest BCUT2D eigenvalue weighted by Crippen LogP contribution is -2.25. The number of carbonyl (C=O) groups is 2. The third kappa shape index (κ3) is 4.14. The van der Waals surface area contributed by atoms with Gasteiger partial charge in [-0.05, 0) is 24.3 Å². The number of benzene rings is 2. The van der Waals surface area contributed by atoms with Crippen molar-refractivity contribution in [3.05, 3.63) is 66.4 Å². The van der Waals surface area contributed by atoms with Gasteiger partial charge in [0.15, 0.2) is 6.61 Å². The zero-order valence-electron chi connectivity index (χ0n) is 15.0. The summed E-state index contributed by atoms with van der Waals surface area (Å²) in [7, 11) is 3.05. The molecule has 1 aromatic heterocycles. The minimum Gasteiger partial charge on any atom is -0.497 e. The summed E-state index contributed by atoms with van der Waals surface area (Å²) in [5.41, 5.74) is 2.21. The van der Waals surface area contributed by atoms with Crippen LogP contribution in [0, 0.1) is 0 Å². The van der Waals surface area contributed by atoms with Crippen molar-refractivity contribution >= 4 is 11.9 Å².